The summed E-state index contributed by atoms with van der Waals surface area (Å²) < 4.78 is 0. The van der Waals surface area contributed by atoms with Crippen LogP contribution in [0, 0.1) is 17.8 Å². The van der Waals surface area contributed by atoms with Crippen molar-refractivity contribution < 1.29 is 0 Å². The fourth-order valence-corrected chi connectivity index (χ4v) is 20.3. The predicted octanol–water partition coefficient (Wildman–Crippen LogP) is 10.9. The number of benzene rings is 8. The zero-order chi connectivity index (χ0) is 44.6. The number of nitrogens with zero attached hydrogens (tertiary/aromatic N) is 3. The van der Waals surface area contributed by atoms with Gasteiger partial charge in [0.05, 0.1) is 5.69 Å². The highest BCUT2D eigenvalue weighted by Crippen LogP contribution is 2.61. The van der Waals surface area contributed by atoms with Crippen molar-refractivity contribution in [2.45, 2.75) is 70.3 Å². The Morgan fingerprint density at radius 1 is 0.478 bits per heavy atom. The van der Waals surface area contributed by atoms with Crippen LogP contribution >= 0.6 is 0 Å². The van der Waals surface area contributed by atoms with Gasteiger partial charge in [-0.15, -0.1) is 0 Å². The van der Waals surface area contributed by atoms with Crippen LogP contribution in [-0.2, 0) is 5.41 Å². The van der Waals surface area contributed by atoms with E-state index in [0.29, 0.717) is 0 Å². The molecule has 0 amide bonds. The third kappa shape index (κ3) is 5.64. The minimum atomic E-state index is -2.92. The quantitative estimate of drug-likeness (QED) is 0.148. The standard InChI is InChI=1S/C62H56BN3Si/c1-61(2,3)45-30-32-48(33-31-45)65-52-26-16-28-56-59(52)63-58-54(65)37-49(64(46-18-8-4-9-19-46)47-20-10-5-11-21-47)38-55(58)66(62-39-42-34-43(40-62)36-44(35-42)41-62)53-27-17-29-57(60(53)63)67(56,50-22-12-6-13-23-50)51-24-14-7-15-25-51/h4-33,37-38,42-44H,34-36,39-41H2,1-3H3. The summed E-state index contributed by atoms with van der Waals surface area (Å²) in [6.07, 6.45) is 8.03. The van der Waals surface area contributed by atoms with Crippen LogP contribution in [0.25, 0.3) is 0 Å². The number of para-hydroxylation sites is 2. The Hall–Kier alpha value is -6.56. The molecule has 0 spiro atoms. The predicted molar refractivity (Wildman–Crippen MR) is 286 cm³/mol. The van der Waals surface area contributed by atoms with E-state index in [-0.39, 0.29) is 17.7 Å². The Balaban J connectivity index is 1.14. The molecule has 0 atom stereocenters. The summed E-state index contributed by atoms with van der Waals surface area (Å²) >= 11 is 0. The molecular formula is C62H56BN3Si. The minimum Gasteiger partial charge on any atom is -0.336 e. The molecule has 4 bridgehead atoms. The number of anilines is 8. The normalized spacial score (nSPS) is 22.1. The summed E-state index contributed by atoms with van der Waals surface area (Å²) in [7, 11) is -2.92. The Labute approximate surface area is 397 Å². The molecule has 0 unspecified atom stereocenters. The fourth-order valence-electron chi connectivity index (χ4n) is 15.0. The zero-order valence-corrected chi connectivity index (χ0v) is 39.9. The van der Waals surface area contributed by atoms with Crippen LogP contribution in [0.15, 0.2) is 194 Å². The first-order valence-electron chi connectivity index (χ1n) is 25.0. The fraction of sp³-hybridized carbons (Fsp3) is 0.226. The Morgan fingerprint density at radius 2 is 0.955 bits per heavy atom. The summed E-state index contributed by atoms with van der Waals surface area (Å²) in [4.78, 5) is 8.22. The molecule has 0 aromatic heterocycles. The van der Waals surface area contributed by atoms with Crippen LogP contribution in [-0.4, -0.2) is 20.3 Å². The van der Waals surface area contributed by atoms with Gasteiger partial charge in [0.2, 0.25) is 0 Å². The van der Waals surface area contributed by atoms with Crippen molar-refractivity contribution in [2.24, 2.45) is 17.8 Å². The van der Waals surface area contributed by atoms with E-state index in [1.54, 1.807) is 10.6 Å². The largest absolute Gasteiger partial charge is 0.336 e. The lowest BCUT2D eigenvalue weighted by Crippen LogP contribution is -2.88. The van der Waals surface area contributed by atoms with E-state index in [9.17, 15) is 0 Å². The Kier molecular flexibility index (Phi) is 8.55. The first-order valence-corrected chi connectivity index (χ1v) is 27.0. The van der Waals surface area contributed by atoms with Crippen LogP contribution in [0.2, 0.25) is 0 Å². The van der Waals surface area contributed by atoms with Crippen molar-refractivity contribution in [3.63, 3.8) is 0 Å². The van der Waals surface area contributed by atoms with E-state index in [1.807, 2.05) is 0 Å². The van der Waals surface area contributed by atoms with Crippen LogP contribution in [0.4, 0.5) is 45.5 Å². The van der Waals surface area contributed by atoms with Gasteiger partial charge in [0.15, 0.2) is 8.07 Å². The van der Waals surface area contributed by atoms with Gasteiger partial charge >= 0.3 is 0 Å². The van der Waals surface area contributed by atoms with E-state index < -0.39 is 8.07 Å². The maximum absolute atomic E-state index is 3.03. The van der Waals surface area contributed by atoms with E-state index in [2.05, 4.69) is 230 Å². The van der Waals surface area contributed by atoms with Gasteiger partial charge in [-0.1, -0.05) is 154 Å². The topological polar surface area (TPSA) is 9.72 Å². The smallest absolute Gasteiger partial charge is 0.251 e. The highest BCUT2D eigenvalue weighted by Gasteiger charge is 2.60. The van der Waals surface area contributed by atoms with Gasteiger partial charge in [-0.05, 0) is 165 Å². The average molecular weight is 882 g/mol. The first-order chi connectivity index (χ1) is 32.8. The Bertz CT molecular complexity index is 3100. The molecule has 8 aromatic carbocycles. The molecule has 326 valence electrons. The lowest BCUT2D eigenvalue weighted by atomic mass is 9.33. The monoisotopic (exact) mass is 881 g/mol. The van der Waals surface area contributed by atoms with E-state index in [1.165, 1.54) is 116 Å². The third-order valence-corrected chi connectivity index (χ3v) is 22.0. The van der Waals surface area contributed by atoms with Gasteiger partial charge in [-0.25, -0.2) is 0 Å². The second-order valence-electron chi connectivity index (χ2n) is 21.9. The van der Waals surface area contributed by atoms with Crippen molar-refractivity contribution in [3.8, 4) is 0 Å². The van der Waals surface area contributed by atoms with Crippen molar-refractivity contribution in [2.75, 3.05) is 14.7 Å². The molecule has 4 saturated carbocycles. The van der Waals surface area contributed by atoms with Gasteiger partial charge in [-0.3, -0.25) is 0 Å². The van der Waals surface area contributed by atoms with Gasteiger partial charge in [0, 0.05) is 45.4 Å². The lowest BCUT2D eigenvalue weighted by Gasteiger charge is -2.63. The molecule has 7 aliphatic rings. The molecule has 67 heavy (non-hydrogen) atoms. The summed E-state index contributed by atoms with van der Waals surface area (Å²) in [6, 6.07) is 75.2. The molecule has 15 rings (SSSR count). The second-order valence-corrected chi connectivity index (χ2v) is 25.6. The number of rotatable bonds is 7. The van der Waals surface area contributed by atoms with Gasteiger partial charge in [0.1, 0.15) is 0 Å². The van der Waals surface area contributed by atoms with E-state index >= 15 is 0 Å². The molecule has 4 fully saturated rings. The van der Waals surface area contributed by atoms with Crippen LogP contribution in [0.5, 0.6) is 0 Å². The summed E-state index contributed by atoms with van der Waals surface area (Å²) in [6.45, 7) is 7.07. The molecule has 8 aromatic rings. The number of hydrogen-bond acceptors (Lipinski definition) is 3. The molecule has 0 saturated heterocycles. The molecule has 3 aliphatic heterocycles. The maximum Gasteiger partial charge on any atom is 0.251 e. The minimum absolute atomic E-state index is 0.0391. The van der Waals surface area contributed by atoms with Gasteiger partial charge < -0.3 is 14.7 Å². The van der Waals surface area contributed by atoms with Crippen molar-refractivity contribution in [1.29, 1.82) is 0 Å². The highest BCUT2D eigenvalue weighted by molar-refractivity contribution is 7.27. The van der Waals surface area contributed by atoms with Gasteiger partial charge in [0.25, 0.3) is 6.71 Å². The molecule has 0 N–H and O–H groups in total. The summed E-state index contributed by atoms with van der Waals surface area (Å²) in [5.41, 5.74) is 16.2. The number of hydrogen-bond donors (Lipinski definition) is 0. The lowest BCUT2D eigenvalue weighted by molar-refractivity contribution is 0.000645. The SMILES string of the molecule is CC(C)(C)c1ccc(N2c3cc(N(c4ccccc4)c4ccccc4)cc4c3B3c5c2cccc5[Si](c2ccccc2)(c2ccccc2)c2cccc(c23)N4C23CC4CC(CC(C4)C2)C3)cc1. The highest BCUT2D eigenvalue weighted by atomic mass is 28.3. The Morgan fingerprint density at radius 3 is 1.48 bits per heavy atom. The average Bonchev–Trinajstić information content (AvgIpc) is 3.35. The van der Waals surface area contributed by atoms with Crippen LogP contribution < -0.4 is 51.8 Å². The maximum atomic E-state index is 3.03. The van der Waals surface area contributed by atoms with E-state index in [0.717, 1.165) is 17.8 Å². The van der Waals surface area contributed by atoms with Crippen LogP contribution in [0.3, 0.4) is 0 Å². The van der Waals surface area contributed by atoms with E-state index in [4.69, 9.17) is 0 Å². The summed E-state index contributed by atoms with van der Waals surface area (Å²) in [5, 5.41) is 5.99. The van der Waals surface area contributed by atoms with Gasteiger partial charge in [-0.2, -0.15) is 0 Å². The molecular weight excluding hydrogens is 826 g/mol. The molecule has 0 radical (unpaired) electrons. The van der Waals surface area contributed by atoms with Crippen LogP contribution in [0.1, 0.15) is 64.9 Å². The van der Waals surface area contributed by atoms with Crippen molar-refractivity contribution in [1.82, 2.24) is 0 Å². The zero-order valence-electron chi connectivity index (χ0n) is 38.9. The molecule has 3 nitrogen and oxygen atoms in total. The first kappa shape index (κ1) is 39.6. The molecule has 3 heterocycles. The second kappa shape index (κ2) is 14.5. The molecule has 5 heteroatoms. The summed E-state index contributed by atoms with van der Waals surface area (Å²) in [5.74, 6) is 2.37. The molecule has 4 aliphatic carbocycles. The van der Waals surface area contributed by atoms with Crippen molar-refractivity contribution in [3.05, 3.63) is 200 Å². The third-order valence-electron chi connectivity index (χ3n) is 17.1. The van der Waals surface area contributed by atoms with Crippen molar-refractivity contribution >= 4 is 97.4 Å².